The molecular formula is C20H26O2S. The van der Waals surface area contributed by atoms with Crippen molar-refractivity contribution in [3.05, 3.63) is 45.3 Å². The Hall–Kier alpha value is -1.35. The van der Waals surface area contributed by atoms with Crippen molar-refractivity contribution < 1.29 is 9.59 Å². The van der Waals surface area contributed by atoms with Crippen LogP contribution in [0, 0.1) is 0 Å². The lowest BCUT2D eigenvalue weighted by Gasteiger charge is -2.16. The first-order valence-electron chi connectivity index (χ1n) is 8.69. The zero-order chi connectivity index (χ0) is 16.7. The molecule has 0 fully saturated rings. The number of allylic oxidation sites excluding steroid dienone is 8. The molecule has 0 unspecified atom stereocenters. The van der Waals surface area contributed by atoms with E-state index in [0.29, 0.717) is 12.8 Å². The van der Waals surface area contributed by atoms with E-state index in [1.54, 1.807) is 0 Å². The lowest BCUT2D eigenvalue weighted by atomic mass is 10.0. The predicted molar refractivity (Wildman–Crippen MR) is 98.2 cm³/mol. The number of hydrogen-bond acceptors (Lipinski definition) is 3. The van der Waals surface area contributed by atoms with Crippen LogP contribution in [0.15, 0.2) is 45.3 Å². The number of hydrogen-bond donors (Lipinski definition) is 0. The summed E-state index contributed by atoms with van der Waals surface area (Å²) in [6, 6.07) is 0. The summed E-state index contributed by atoms with van der Waals surface area (Å²) < 4.78 is 0. The number of carbonyl (C=O) groups is 2. The first kappa shape index (κ1) is 18.0. The molecule has 2 aliphatic rings. The quantitative estimate of drug-likeness (QED) is 0.575. The first-order valence-corrected chi connectivity index (χ1v) is 9.51. The molecule has 3 heteroatoms. The van der Waals surface area contributed by atoms with Crippen LogP contribution in [0.1, 0.15) is 65.2 Å². The van der Waals surface area contributed by atoms with Crippen LogP contribution >= 0.6 is 11.8 Å². The highest BCUT2D eigenvalue weighted by atomic mass is 32.2. The maximum atomic E-state index is 12.2. The molecule has 2 rings (SSSR count). The van der Waals surface area contributed by atoms with E-state index in [1.807, 2.05) is 24.3 Å². The van der Waals surface area contributed by atoms with Gasteiger partial charge < -0.3 is 0 Å². The van der Waals surface area contributed by atoms with Gasteiger partial charge in [0.05, 0.1) is 9.81 Å². The van der Waals surface area contributed by atoms with Crippen LogP contribution in [-0.4, -0.2) is 11.6 Å². The Bertz CT molecular complexity index is 539. The third kappa shape index (κ3) is 5.35. The Kier molecular flexibility index (Phi) is 7.10. The van der Waals surface area contributed by atoms with Gasteiger partial charge in [-0.25, -0.2) is 0 Å². The van der Waals surface area contributed by atoms with Crippen molar-refractivity contribution in [1.82, 2.24) is 0 Å². The summed E-state index contributed by atoms with van der Waals surface area (Å²) in [5.74, 6) is 0.266. The largest absolute Gasteiger partial charge is 0.293 e. The number of thioether (sulfide) groups is 1. The number of ketones is 2. The van der Waals surface area contributed by atoms with E-state index in [1.165, 1.54) is 22.9 Å². The van der Waals surface area contributed by atoms with E-state index in [2.05, 4.69) is 13.8 Å². The molecule has 124 valence electrons. The first-order chi connectivity index (χ1) is 11.1. The van der Waals surface area contributed by atoms with Crippen molar-refractivity contribution in [2.24, 2.45) is 0 Å². The average Bonchev–Trinajstić information content (AvgIpc) is 2.56. The molecule has 0 heterocycles. The summed E-state index contributed by atoms with van der Waals surface area (Å²) in [5, 5.41) is 0. The van der Waals surface area contributed by atoms with Gasteiger partial charge in [0.25, 0.3) is 0 Å². The SMILES string of the molecule is CCCCC1=CCC(=O)C(SC2=CC(CCCC)=CCC2=O)=C1. The second-order valence-corrected chi connectivity index (χ2v) is 7.22. The normalized spacial score (nSPS) is 18.3. The highest BCUT2D eigenvalue weighted by Crippen LogP contribution is 2.35. The van der Waals surface area contributed by atoms with E-state index in [-0.39, 0.29) is 11.6 Å². The molecule has 0 aliphatic heterocycles. The molecule has 0 atom stereocenters. The second kappa shape index (κ2) is 9.07. The summed E-state index contributed by atoms with van der Waals surface area (Å²) in [5.41, 5.74) is 2.47. The molecule has 0 saturated heterocycles. The van der Waals surface area contributed by atoms with E-state index < -0.39 is 0 Å². The molecule has 0 radical (unpaired) electrons. The Morgan fingerprint density at radius 2 is 1.26 bits per heavy atom. The van der Waals surface area contributed by atoms with Crippen molar-refractivity contribution in [3.8, 4) is 0 Å². The Labute approximate surface area is 143 Å². The molecule has 0 spiro atoms. The average molecular weight is 330 g/mol. The Morgan fingerprint density at radius 1 is 0.826 bits per heavy atom. The smallest absolute Gasteiger partial charge is 0.173 e. The van der Waals surface area contributed by atoms with Crippen LogP contribution in [-0.2, 0) is 9.59 Å². The van der Waals surface area contributed by atoms with E-state index in [9.17, 15) is 9.59 Å². The number of Topliss-reactive ketones (excluding diaryl/α,β-unsaturated/α-hetero) is 2. The standard InChI is InChI=1S/C20H26O2S/c1-3-5-7-15-9-11-17(21)19(13-15)23-20-14-16(8-6-4-2)10-12-18(20)22/h9-10,13-14H,3-8,11-12H2,1-2H3. The Balaban J connectivity index is 2.09. The minimum absolute atomic E-state index is 0.133. The van der Waals surface area contributed by atoms with Crippen LogP contribution in [0.2, 0.25) is 0 Å². The lowest BCUT2D eigenvalue weighted by molar-refractivity contribution is -0.114. The molecular weight excluding hydrogens is 304 g/mol. The molecule has 0 bridgehead atoms. The van der Waals surface area contributed by atoms with Crippen molar-refractivity contribution in [1.29, 1.82) is 0 Å². The van der Waals surface area contributed by atoms with Gasteiger partial charge in [0.2, 0.25) is 0 Å². The van der Waals surface area contributed by atoms with Gasteiger partial charge in [-0.3, -0.25) is 9.59 Å². The number of carbonyl (C=O) groups excluding carboxylic acids is 2. The van der Waals surface area contributed by atoms with Crippen molar-refractivity contribution in [2.45, 2.75) is 65.2 Å². The summed E-state index contributed by atoms with van der Waals surface area (Å²) in [6.07, 6.45) is 15.6. The van der Waals surface area contributed by atoms with Crippen LogP contribution in [0.25, 0.3) is 0 Å². The summed E-state index contributed by atoms with van der Waals surface area (Å²) in [6.45, 7) is 4.34. The van der Waals surface area contributed by atoms with Gasteiger partial charge >= 0.3 is 0 Å². The molecule has 0 N–H and O–H groups in total. The van der Waals surface area contributed by atoms with Crippen LogP contribution in [0.3, 0.4) is 0 Å². The fraction of sp³-hybridized carbons (Fsp3) is 0.500. The monoisotopic (exact) mass is 330 g/mol. The fourth-order valence-corrected chi connectivity index (χ4v) is 3.72. The van der Waals surface area contributed by atoms with E-state index >= 15 is 0 Å². The minimum atomic E-state index is 0.133. The zero-order valence-electron chi connectivity index (χ0n) is 14.2. The second-order valence-electron chi connectivity index (χ2n) is 6.14. The van der Waals surface area contributed by atoms with Gasteiger partial charge in [0, 0.05) is 12.8 Å². The van der Waals surface area contributed by atoms with Gasteiger partial charge in [-0.2, -0.15) is 0 Å². The van der Waals surface area contributed by atoms with Crippen LogP contribution < -0.4 is 0 Å². The molecule has 0 aromatic heterocycles. The van der Waals surface area contributed by atoms with E-state index in [4.69, 9.17) is 0 Å². The number of rotatable bonds is 8. The zero-order valence-corrected chi connectivity index (χ0v) is 15.0. The van der Waals surface area contributed by atoms with Gasteiger partial charge in [-0.1, -0.05) is 61.7 Å². The summed E-state index contributed by atoms with van der Waals surface area (Å²) >= 11 is 1.37. The Morgan fingerprint density at radius 3 is 1.65 bits per heavy atom. The third-order valence-electron chi connectivity index (χ3n) is 4.14. The summed E-state index contributed by atoms with van der Waals surface area (Å²) in [4.78, 5) is 25.8. The maximum absolute atomic E-state index is 12.2. The van der Waals surface area contributed by atoms with Gasteiger partial charge in [-0.15, -0.1) is 0 Å². The third-order valence-corrected chi connectivity index (χ3v) is 5.27. The molecule has 2 aliphatic carbocycles. The van der Waals surface area contributed by atoms with Crippen molar-refractivity contribution in [2.75, 3.05) is 0 Å². The fourth-order valence-electron chi connectivity index (χ4n) is 2.67. The van der Waals surface area contributed by atoms with E-state index in [0.717, 1.165) is 48.3 Å². The predicted octanol–water partition coefficient (Wildman–Crippen LogP) is 5.67. The summed E-state index contributed by atoms with van der Waals surface area (Å²) in [7, 11) is 0. The molecule has 0 saturated carbocycles. The number of unbranched alkanes of at least 4 members (excludes halogenated alkanes) is 2. The highest BCUT2D eigenvalue weighted by molar-refractivity contribution is 8.08. The minimum Gasteiger partial charge on any atom is -0.293 e. The molecule has 2 nitrogen and oxygen atoms in total. The van der Waals surface area contributed by atoms with Crippen molar-refractivity contribution >= 4 is 23.3 Å². The van der Waals surface area contributed by atoms with Gasteiger partial charge in [0.15, 0.2) is 11.6 Å². The molecule has 0 amide bonds. The molecule has 0 aromatic rings. The van der Waals surface area contributed by atoms with Crippen LogP contribution in [0.5, 0.6) is 0 Å². The maximum Gasteiger partial charge on any atom is 0.173 e. The molecule has 23 heavy (non-hydrogen) atoms. The van der Waals surface area contributed by atoms with Gasteiger partial charge in [0.1, 0.15) is 0 Å². The van der Waals surface area contributed by atoms with Gasteiger partial charge in [-0.05, 0) is 37.8 Å². The highest BCUT2D eigenvalue weighted by Gasteiger charge is 2.21. The molecule has 0 aromatic carbocycles. The van der Waals surface area contributed by atoms with Crippen LogP contribution in [0.4, 0.5) is 0 Å². The topological polar surface area (TPSA) is 34.1 Å². The van der Waals surface area contributed by atoms with Crippen molar-refractivity contribution in [3.63, 3.8) is 0 Å². The lowest BCUT2D eigenvalue weighted by Crippen LogP contribution is -2.09.